The number of rotatable bonds is 3. The molecule has 0 spiro atoms. The van der Waals surface area contributed by atoms with Crippen molar-refractivity contribution in [1.29, 1.82) is 0 Å². The molecule has 0 amide bonds. The average Bonchev–Trinajstić information content (AvgIpc) is 2.75. The van der Waals surface area contributed by atoms with Crippen LogP contribution in [0.3, 0.4) is 0 Å². The largest absolute Gasteiger partial charge is 0.453 e. The van der Waals surface area contributed by atoms with Gasteiger partial charge in [-0.05, 0) is 25.0 Å². The number of nitrogens with zero attached hydrogens (tertiary/aromatic N) is 4. The molecule has 0 bridgehead atoms. The Morgan fingerprint density at radius 2 is 2.05 bits per heavy atom. The topological polar surface area (TPSA) is 64.3 Å². The Morgan fingerprint density at radius 1 is 1.30 bits per heavy atom. The molecule has 6 nitrogen and oxygen atoms in total. The molecule has 1 saturated carbocycles. The molecule has 2 heterocycles. The van der Waals surface area contributed by atoms with Crippen LogP contribution in [-0.4, -0.2) is 39.1 Å². The van der Waals surface area contributed by atoms with Crippen LogP contribution in [0.5, 0.6) is 0 Å². The highest BCUT2D eigenvalue weighted by molar-refractivity contribution is 5.45. The summed E-state index contributed by atoms with van der Waals surface area (Å²) < 4.78 is 44.0. The minimum absolute atomic E-state index is 0.0613. The van der Waals surface area contributed by atoms with Crippen LogP contribution in [0.15, 0.2) is 12.1 Å². The molecule has 9 heteroatoms. The van der Waals surface area contributed by atoms with Gasteiger partial charge in [0.15, 0.2) is 5.65 Å². The normalized spacial score (nSPS) is 22.8. The SMILES string of the molecule is COC1CC(Nc2ccc3nnc(C(F)(F)F)n3n2)C1. The van der Waals surface area contributed by atoms with Crippen LogP contribution < -0.4 is 5.32 Å². The van der Waals surface area contributed by atoms with Crippen LogP contribution in [-0.2, 0) is 10.9 Å². The second-order valence-electron chi connectivity index (χ2n) is 4.68. The van der Waals surface area contributed by atoms with E-state index in [2.05, 4.69) is 20.6 Å². The van der Waals surface area contributed by atoms with E-state index in [4.69, 9.17) is 4.74 Å². The first-order valence-electron chi connectivity index (χ1n) is 6.06. The van der Waals surface area contributed by atoms with Gasteiger partial charge in [-0.3, -0.25) is 0 Å². The summed E-state index contributed by atoms with van der Waals surface area (Å²) >= 11 is 0. The zero-order valence-corrected chi connectivity index (χ0v) is 10.6. The van der Waals surface area contributed by atoms with Crippen molar-refractivity contribution in [3.63, 3.8) is 0 Å². The summed E-state index contributed by atoms with van der Waals surface area (Å²) in [5.74, 6) is -0.762. The molecule has 1 fully saturated rings. The van der Waals surface area contributed by atoms with Gasteiger partial charge >= 0.3 is 6.18 Å². The highest BCUT2D eigenvalue weighted by atomic mass is 19.4. The summed E-state index contributed by atoms with van der Waals surface area (Å²) in [6, 6.07) is 3.20. The molecule has 0 atom stereocenters. The second-order valence-corrected chi connectivity index (χ2v) is 4.68. The van der Waals surface area contributed by atoms with Crippen LogP contribution in [0.1, 0.15) is 18.7 Å². The fraction of sp³-hybridized carbons (Fsp3) is 0.545. The number of halogens is 3. The van der Waals surface area contributed by atoms with Gasteiger partial charge in [-0.1, -0.05) is 0 Å². The molecule has 1 N–H and O–H groups in total. The number of hydrogen-bond acceptors (Lipinski definition) is 5. The number of methoxy groups -OCH3 is 1. The molecule has 0 aromatic carbocycles. The number of aromatic nitrogens is 4. The van der Waals surface area contributed by atoms with Crippen molar-refractivity contribution in [2.75, 3.05) is 12.4 Å². The molecule has 3 rings (SSSR count). The number of nitrogens with one attached hydrogen (secondary N) is 1. The molecule has 1 aliphatic carbocycles. The third-order valence-corrected chi connectivity index (χ3v) is 3.30. The fourth-order valence-corrected chi connectivity index (χ4v) is 2.13. The van der Waals surface area contributed by atoms with E-state index < -0.39 is 12.0 Å². The van der Waals surface area contributed by atoms with Crippen LogP contribution in [0.25, 0.3) is 5.65 Å². The maximum Gasteiger partial charge on any atom is 0.453 e. The first-order valence-corrected chi connectivity index (χ1v) is 6.06. The number of anilines is 1. The van der Waals surface area contributed by atoms with Crippen molar-refractivity contribution in [1.82, 2.24) is 19.8 Å². The van der Waals surface area contributed by atoms with E-state index in [-0.39, 0.29) is 17.8 Å². The van der Waals surface area contributed by atoms with Crippen molar-refractivity contribution in [2.45, 2.75) is 31.2 Å². The minimum atomic E-state index is -4.58. The highest BCUT2D eigenvalue weighted by Crippen LogP contribution is 2.28. The average molecular weight is 287 g/mol. The predicted octanol–water partition coefficient (Wildman–Crippen LogP) is 1.73. The first-order chi connectivity index (χ1) is 9.47. The Bertz CT molecular complexity index is 620. The Hall–Kier alpha value is -1.90. The van der Waals surface area contributed by atoms with E-state index >= 15 is 0 Å². The number of hydrogen-bond donors (Lipinski definition) is 1. The molecule has 2 aromatic heterocycles. The van der Waals surface area contributed by atoms with E-state index in [1.165, 1.54) is 6.07 Å². The number of fused-ring (bicyclic) bond motifs is 1. The molecule has 0 unspecified atom stereocenters. The Kier molecular flexibility index (Phi) is 3.00. The Labute approximate surface area is 111 Å². The van der Waals surface area contributed by atoms with Gasteiger partial charge in [0, 0.05) is 13.2 Å². The van der Waals surface area contributed by atoms with Crippen molar-refractivity contribution < 1.29 is 17.9 Å². The monoisotopic (exact) mass is 287 g/mol. The van der Waals surface area contributed by atoms with Gasteiger partial charge in [-0.15, -0.1) is 15.3 Å². The zero-order valence-electron chi connectivity index (χ0n) is 10.6. The zero-order chi connectivity index (χ0) is 14.3. The van der Waals surface area contributed by atoms with Crippen LogP contribution in [0, 0.1) is 0 Å². The third-order valence-electron chi connectivity index (χ3n) is 3.30. The van der Waals surface area contributed by atoms with Crippen molar-refractivity contribution in [3.05, 3.63) is 18.0 Å². The minimum Gasteiger partial charge on any atom is -0.381 e. The van der Waals surface area contributed by atoms with E-state index in [9.17, 15) is 13.2 Å². The first kappa shape index (κ1) is 13.1. The van der Waals surface area contributed by atoms with E-state index in [0.717, 1.165) is 12.8 Å². The van der Waals surface area contributed by atoms with E-state index in [1.807, 2.05) is 0 Å². The summed E-state index contributed by atoms with van der Waals surface area (Å²) in [5.41, 5.74) is 0.0613. The quantitative estimate of drug-likeness (QED) is 0.931. The molecule has 0 aliphatic heterocycles. The maximum atomic E-state index is 12.7. The van der Waals surface area contributed by atoms with Crippen molar-refractivity contribution in [3.8, 4) is 0 Å². The molecular formula is C11H12F3N5O. The van der Waals surface area contributed by atoms with Crippen LogP contribution >= 0.6 is 0 Å². The van der Waals surface area contributed by atoms with E-state index in [0.29, 0.717) is 10.3 Å². The van der Waals surface area contributed by atoms with Gasteiger partial charge in [0.05, 0.1) is 6.10 Å². The molecule has 20 heavy (non-hydrogen) atoms. The summed E-state index contributed by atoms with van der Waals surface area (Å²) in [7, 11) is 1.64. The predicted molar refractivity (Wildman–Crippen MR) is 63.2 cm³/mol. The van der Waals surface area contributed by atoms with E-state index in [1.54, 1.807) is 13.2 Å². The van der Waals surface area contributed by atoms with Gasteiger partial charge in [-0.25, -0.2) is 0 Å². The molecule has 1 aliphatic rings. The van der Waals surface area contributed by atoms with Crippen LogP contribution in [0.2, 0.25) is 0 Å². The summed E-state index contributed by atoms with van der Waals surface area (Å²) in [6.07, 6.45) is -2.76. The lowest BCUT2D eigenvalue weighted by molar-refractivity contribution is -0.146. The molecule has 0 radical (unpaired) electrons. The second kappa shape index (κ2) is 4.58. The maximum absolute atomic E-state index is 12.7. The molecule has 108 valence electrons. The van der Waals surface area contributed by atoms with Gasteiger partial charge in [-0.2, -0.15) is 17.7 Å². The summed E-state index contributed by atoms with van der Waals surface area (Å²) in [4.78, 5) is 0. The standard InChI is InChI=1S/C11H12F3N5O/c1-20-7-4-6(5-7)15-8-2-3-9-16-17-10(11(12,13)14)19(9)18-8/h2-3,6-7H,4-5H2,1H3,(H,15,18). The highest BCUT2D eigenvalue weighted by Gasteiger charge is 2.37. The Balaban J connectivity index is 1.83. The number of ether oxygens (including phenoxy) is 1. The number of alkyl halides is 3. The Morgan fingerprint density at radius 3 is 2.70 bits per heavy atom. The van der Waals surface area contributed by atoms with Gasteiger partial charge in [0.25, 0.3) is 5.82 Å². The fourth-order valence-electron chi connectivity index (χ4n) is 2.13. The smallest absolute Gasteiger partial charge is 0.381 e. The molecular weight excluding hydrogens is 275 g/mol. The van der Waals surface area contributed by atoms with Gasteiger partial charge in [0.2, 0.25) is 0 Å². The lowest BCUT2D eigenvalue weighted by atomic mass is 9.89. The molecule has 0 saturated heterocycles. The van der Waals surface area contributed by atoms with Crippen LogP contribution in [0.4, 0.5) is 19.0 Å². The summed E-state index contributed by atoms with van der Waals surface area (Å²) in [6.45, 7) is 0. The molecule has 2 aromatic rings. The van der Waals surface area contributed by atoms with Crippen molar-refractivity contribution in [2.24, 2.45) is 0 Å². The lowest BCUT2D eigenvalue weighted by Gasteiger charge is -2.34. The van der Waals surface area contributed by atoms with Gasteiger partial charge < -0.3 is 10.1 Å². The lowest BCUT2D eigenvalue weighted by Crippen LogP contribution is -2.40. The van der Waals surface area contributed by atoms with Gasteiger partial charge in [0.1, 0.15) is 5.82 Å². The third kappa shape index (κ3) is 2.28. The van der Waals surface area contributed by atoms with Crippen molar-refractivity contribution >= 4 is 11.5 Å². The summed E-state index contributed by atoms with van der Waals surface area (Å²) in [5, 5.41) is 13.5.